The monoisotopic (exact) mass is 903 g/mol. The van der Waals surface area contributed by atoms with E-state index in [1.165, 1.54) is 12.1 Å². The zero-order valence-electron chi connectivity index (χ0n) is 33.0. The molecular formula is C39H39F6N11O4S2. The smallest absolute Gasteiger partial charge is 0.370 e. The van der Waals surface area contributed by atoms with Crippen LogP contribution >= 0.6 is 0 Å². The first-order valence-electron chi connectivity index (χ1n) is 18.5. The Hall–Kier alpha value is -5.91. The van der Waals surface area contributed by atoms with Crippen molar-refractivity contribution in [1.82, 2.24) is 4.90 Å². The molecule has 15 nitrogen and oxygen atoms in total. The maximum Gasteiger partial charge on any atom is 0.417 e. The molecule has 1 fully saturated rings. The Labute approximate surface area is 351 Å². The third kappa shape index (κ3) is 9.59. The molecule has 0 saturated carbocycles. The van der Waals surface area contributed by atoms with Crippen molar-refractivity contribution in [2.45, 2.75) is 47.1 Å². The van der Waals surface area contributed by atoms with Crippen molar-refractivity contribution >= 4 is 37.3 Å². The zero-order valence-corrected chi connectivity index (χ0v) is 34.6. The van der Waals surface area contributed by atoms with Crippen molar-refractivity contribution in [3.05, 3.63) is 106 Å². The molecule has 0 amide bonds. The van der Waals surface area contributed by atoms with Crippen LogP contribution in [-0.4, -0.2) is 78.3 Å². The fourth-order valence-electron chi connectivity index (χ4n) is 7.26. The first kappa shape index (κ1) is 45.6. The van der Waals surface area contributed by atoms with E-state index in [-0.39, 0.29) is 53.2 Å². The summed E-state index contributed by atoms with van der Waals surface area (Å²) >= 11 is 0. The van der Waals surface area contributed by atoms with Crippen LogP contribution in [0.5, 0.6) is 0 Å². The summed E-state index contributed by atoms with van der Waals surface area (Å²) in [6.07, 6.45) is -7.17. The summed E-state index contributed by atoms with van der Waals surface area (Å²) in [5, 5.41) is 22.5. The number of rotatable bonds is 8. The lowest BCUT2D eigenvalue weighted by Gasteiger charge is -2.39. The van der Waals surface area contributed by atoms with Gasteiger partial charge in [-0.3, -0.25) is 5.41 Å². The molecule has 0 aliphatic carbocycles. The number of nitrogens with one attached hydrogen (secondary N) is 1. The van der Waals surface area contributed by atoms with Crippen LogP contribution in [0.3, 0.4) is 0 Å². The molecule has 0 unspecified atom stereocenters. The minimum Gasteiger partial charge on any atom is -0.370 e. The zero-order chi connectivity index (χ0) is 45.4. The third-order valence-corrected chi connectivity index (χ3v) is 12.6. The second kappa shape index (κ2) is 17.1. The number of guanidine groups is 1. The molecule has 1 saturated heterocycles. The normalized spacial score (nSPS) is 16.5. The third-order valence-electron chi connectivity index (χ3n) is 10.3. The largest absolute Gasteiger partial charge is 0.417 e. The highest BCUT2D eigenvalue weighted by Gasteiger charge is 2.41. The second-order valence-electron chi connectivity index (χ2n) is 14.5. The minimum atomic E-state index is -4.90. The number of likely N-dealkylation sites (tertiary alicyclic amines) is 1. The molecule has 3 aliphatic heterocycles. The molecule has 4 aromatic carbocycles. The Morgan fingerprint density at radius 1 is 0.694 bits per heavy atom. The summed E-state index contributed by atoms with van der Waals surface area (Å²) in [6.45, 7) is 1.19. The second-order valence-corrected chi connectivity index (χ2v) is 18.4. The fraction of sp³-hybridized carbons (Fsp3) is 0.308. The van der Waals surface area contributed by atoms with E-state index in [2.05, 4.69) is 30.4 Å². The van der Waals surface area contributed by atoms with Crippen molar-refractivity contribution in [1.29, 1.82) is 5.41 Å². The van der Waals surface area contributed by atoms with E-state index in [4.69, 9.17) is 22.6 Å². The lowest BCUT2D eigenvalue weighted by Crippen LogP contribution is -2.51. The number of nitrogens with two attached hydrogens (primary N) is 3. The summed E-state index contributed by atoms with van der Waals surface area (Å²) in [5.74, 6) is -0.312. The Bertz CT molecular complexity index is 2750. The lowest BCUT2D eigenvalue weighted by atomic mass is 9.81. The number of halogens is 6. The summed E-state index contributed by atoms with van der Waals surface area (Å²) < 4.78 is 132. The quantitative estimate of drug-likeness (QED) is 0.0862. The SMILES string of the molecule is CS(=O)(=O)c1c(C(F)(F)F)ccc(-c2ccc(C3(N)CCN(C(=N)N)CC3)cc2)c1C1=NCN=N1.CS(=O)(=O)c1c(C(F)(F)F)ccc(-c2ccc(CN)cc2)c1C1=NCN=N1. The van der Waals surface area contributed by atoms with Gasteiger partial charge in [0.15, 0.2) is 50.6 Å². The molecule has 328 valence electrons. The van der Waals surface area contributed by atoms with Crippen molar-refractivity contribution in [2.24, 2.45) is 47.6 Å². The van der Waals surface area contributed by atoms with Crippen LogP contribution < -0.4 is 17.2 Å². The number of aliphatic imine (C=N–C) groups is 2. The molecule has 23 heteroatoms. The molecule has 62 heavy (non-hydrogen) atoms. The minimum absolute atomic E-state index is 0.00844. The molecule has 4 aromatic rings. The predicted octanol–water partition coefficient (Wildman–Crippen LogP) is 6.49. The summed E-state index contributed by atoms with van der Waals surface area (Å²) in [6, 6.07) is 17.7. The van der Waals surface area contributed by atoms with Gasteiger partial charge in [0.05, 0.1) is 20.9 Å². The number of azo groups is 2. The maximum atomic E-state index is 13.8. The first-order chi connectivity index (χ1) is 28.9. The van der Waals surface area contributed by atoms with Crippen molar-refractivity contribution < 1.29 is 43.2 Å². The fourth-order valence-corrected chi connectivity index (χ4v) is 9.57. The van der Waals surface area contributed by atoms with Crippen LogP contribution in [0, 0.1) is 5.41 Å². The lowest BCUT2D eigenvalue weighted by molar-refractivity contribution is -0.140. The summed E-state index contributed by atoms with van der Waals surface area (Å²) in [7, 11) is -8.57. The van der Waals surface area contributed by atoms with Gasteiger partial charge < -0.3 is 22.1 Å². The van der Waals surface area contributed by atoms with E-state index < -0.39 is 58.5 Å². The van der Waals surface area contributed by atoms with E-state index >= 15 is 0 Å². The number of hydrogen-bond donors (Lipinski definition) is 4. The van der Waals surface area contributed by atoms with Gasteiger partial charge in [0.2, 0.25) is 0 Å². The van der Waals surface area contributed by atoms with Crippen molar-refractivity contribution in [3.8, 4) is 22.3 Å². The number of sulfone groups is 2. The van der Waals surface area contributed by atoms with Crippen LogP contribution in [-0.2, 0) is 44.1 Å². The van der Waals surface area contributed by atoms with E-state index in [0.29, 0.717) is 43.6 Å². The molecule has 7 N–H and O–H groups in total. The van der Waals surface area contributed by atoms with Crippen LogP contribution in [0.1, 0.15) is 46.2 Å². The van der Waals surface area contributed by atoms with Crippen LogP contribution in [0.4, 0.5) is 26.3 Å². The van der Waals surface area contributed by atoms with Crippen molar-refractivity contribution in [2.75, 3.05) is 38.9 Å². The number of alkyl halides is 6. The van der Waals surface area contributed by atoms with E-state index in [1.54, 1.807) is 53.4 Å². The maximum absolute atomic E-state index is 13.8. The Morgan fingerprint density at radius 3 is 1.42 bits per heavy atom. The topological polar surface area (TPSA) is 248 Å². The Morgan fingerprint density at radius 2 is 1.10 bits per heavy atom. The predicted molar refractivity (Wildman–Crippen MR) is 219 cm³/mol. The molecule has 7 rings (SSSR count). The molecular weight excluding hydrogens is 865 g/mol. The average molecular weight is 904 g/mol. The van der Waals surface area contributed by atoms with Gasteiger partial charge in [-0.15, -0.1) is 10.2 Å². The van der Waals surface area contributed by atoms with Gasteiger partial charge in [0.1, 0.15) is 0 Å². The molecule has 3 heterocycles. The Balaban J connectivity index is 0.000000214. The van der Waals surface area contributed by atoms with Crippen molar-refractivity contribution in [3.63, 3.8) is 0 Å². The highest BCUT2D eigenvalue weighted by molar-refractivity contribution is 7.91. The van der Waals surface area contributed by atoms with Crippen LogP contribution in [0.15, 0.2) is 113 Å². The van der Waals surface area contributed by atoms with Gasteiger partial charge in [-0.25, -0.2) is 26.8 Å². The number of benzene rings is 4. The summed E-state index contributed by atoms with van der Waals surface area (Å²) in [4.78, 5) is 7.97. The van der Waals surface area contributed by atoms with Crippen LogP contribution in [0.25, 0.3) is 22.3 Å². The van der Waals surface area contributed by atoms with Gasteiger partial charge in [0.25, 0.3) is 0 Å². The average Bonchev–Trinajstić information content (AvgIpc) is 3.95. The van der Waals surface area contributed by atoms with Gasteiger partial charge in [-0.1, -0.05) is 60.7 Å². The molecule has 0 aromatic heterocycles. The van der Waals surface area contributed by atoms with Gasteiger partial charge in [0, 0.05) is 48.8 Å². The van der Waals surface area contributed by atoms with E-state index in [1.807, 2.05) is 0 Å². The highest BCUT2D eigenvalue weighted by Crippen LogP contribution is 2.43. The highest BCUT2D eigenvalue weighted by atomic mass is 32.2. The standard InChI is InChI=1S/C22H24F3N7O2S.C17H15F3N4O2S/c1-35(33,34)18-16(22(23,24)25)7-6-15(17(18)19-29-12-30-31-19)13-2-4-14(5-3-13)21(28)8-10-32(11-9-21)20(26)27;1-27(25,26)15-13(17(18,19)20)7-6-12(14(15)16-22-9-23-24-16)11-4-2-10(8-21)3-5-11/h2-7H,8-12,28H2,1H3,(H3,26,27);2-7H,8-9,21H2,1H3. The van der Waals surface area contributed by atoms with E-state index in [0.717, 1.165) is 35.8 Å². The molecule has 3 aliphatic rings. The molecule has 0 radical (unpaired) electrons. The van der Waals surface area contributed by atoms with Gasteiger partial charge in [-0.2, -0.15) is 36.6 Å². The number of amidine groups is 2. The first-order valence-corrected chi connectivity index (χ1v) is 22.2. The van der Waals surface area contributed by atoms with Crippen LogP contribution in [0.2, 0.25) is 0 Å². The number of piperidine rings is 1. The molecule has 0 atom stereocenters. The van der Waals surface area contributed by atoms with Gasteiger partial charge >= 0.3 is 12.4 Å². The molecule has 0 spiro atoms. The Kier molecular flexibility index (Phi) is 12.6. The van der Waals surface area contributed by atoms with Gasteiger partial charge in [-0.05, 0) is 58.4 Å². The number of nitrogens with zero attached hydrogens (tertiary/aromatic N) is 7. The molecule has 0 bridgehead atoms. The summed E-state index contributed by atoms with van der Waals surface area (Å²) in [5.41, 5.74) is 17.3. The number of hydrogen-bond acceptors (Lipinski definition) is 13. The van der Waals surface area contributed by atoms with E-state index in [9.17, 15) is 43.2 Å².